The number of benzene rings is 1. The predicted octanol–water partition coefficient (Wildman–Crippen LogP) is 3.05. The zero-order valence-electron chi connectivity index (χ0n) is 9.14. The fraction of sp³-hybridized carbons (Fsp3) is 0.167. The van der Waals surface area contributed by atoms with Gasteiger partial charge in [-0.05, 0) is 19.1 Å². The second-order valence-corrected chi connectivity index (χ2v) is 5.12. The zero-order chi connectivity index (χ0) is 12.4. The highest BCUT2D eigenvalue weighted by atomic mass is 32.2. The first kappa shape index (κ1) is 12.3. The van der Waals surface area contributed by atoms with Crippen molar-refractivity contribution >= 4 is 40.3 Å². The summed E-state index contributed by atoms with van der Waals surface area (Å²) >= 11 is 6.29. The lowest BCUT2D eigenvalue weighted by atomic mass is 10.2. The number of thioether (sulfide) groups is 1. The van der Waals surface area contributed by atoms with E-state index in [0.29, 0.717) is 21.3 Å². The summed E-state index contributed by atoms with van der Waals surface area (Å²) in [5.74, 6) is -0.486. The molecule has 0 aliphatic carbocycles. The molecule has 0 N–H and O–H groups in total. The number of carbonyl (C=O) groups excluding carboxylic acids is 1. The van der Waals surface area contributed by atoms with E-state index in [0.717, 1.165) is 0 Å². The highest BCUT2D eigenvalue weighted by Gasteiger charge is 2.30. The van der Waals surface area contributed by atoms with Crippen molar-refractivity contribution in [3.05, 3.63) is 40.6 Å². The van der Waals surface area contributed by atoms with Crippen LogP contribution >= 0.6 is 24.0 Å². The topological polar surface area (TPSA) is 20.3 Å². The molecular formula is C12H10FNOS2. The molecule has 0 saturated carbocycles. The smallest absolute Gasteiger partial charge is 0.266 e. The first-order valence-electron chi connectivity index (χ1n) is 5.13. The van der Waals surface area contributed by atoms with E-state index in [-0.39, 0.29) is 11.7 Å². The number of carbonyl (C=O) groups is 1. The molecule has 0 radical (unpaired) electrons. The van der Waals surface area contributed by atoms with Gasteiger partial charge in [0.25, 0.3) is 5.91 Å². The van der Waals surface area contributed by atoms with Gasteiger partial charge in [-0.1, -0.05) is 42.2 Å². The molecule has 1 fully saturated rings. The highest BCUT2D eigenvalue weighted by Crippen LogP contribution is 2.32. The van der Waals surface area contributed by atoms with Crippen LogP contribution in [-0.4, -0.2) is 21.7 Å². The minimum absolute atomic E-state index is 0.147. The largest absolute Gasteiger partial charge is 0.293 e. The molecule has 0 bridgehead atoms. The molecular weight excluding hydrogens is 257 g/mol. The Morgan fingerprint density at radius 2 is 2.18 bits per heavy atom. The van der Waals surface area contributed by atoms with Crippen molar-refractivity contribution in [3.63, 3.8) is 0 Å². The van der Waals surface area contributed by atoms with Crippen LogP contribution in [-0.2, 0) is 4.79 Å². The van der Waals surface area contributed by atoms with Crippen molar-refractivity contribution in [1.29, 1.82) is 0 Å². The molecule has 0 spiro atoms. The van der Waals surface area contributed by atoms with Crippen LogP contribution in [0.4, 0.5) is 4.39 Å². The molecule has 2 rings (SSSR count). The van der Waals surface area contributed by atoms with Gasteiger partial charge in [-0.25, -0.2) is 4.39 Å². The van der Waals surface area contributed by atoms with Gasteiger partial charge in [0.2, 0.25) is 0 Å². The number of halogens is 1. The van der Waals surface area contributed by atoms with Crippen LogP contribution in [0.1, 0.15) is 12.5 Å². The first-order chi connectivity index (χ1) is 8.13. The molecule has 0 unspecified atom stereocenters. The third-order valence-corrected chi connectivity index (χ3v) is 3.76. The molecule has 1 aliphatic rings. The maximum atomic E-state index is 13.4. The summed E-state index contributed by atoms with van der Waals surface area (Å²) in [7, 11) is 0. The fourth-order valence-electron chi connectivity index (χ4n) is 1.51. The minimum Gasteiger partial charge on any atom is -0.293 e. The molecule has 0 atom stereocenters. The van der Waals surface area contributed by atoms with Crippen LogP contribution < -0.4 is 0 Å². The Kier molecular flexibility index (Phi) is 3.59. The molecule has 1 aromatic carbocycles. The predicted molar refractivity (Wildman–Crippen MR) is 72.0 cm³/mol. The van der Waals surface area contributed by atoms with E-state index in [2.05, 4.69) is 0 Å². The third kappa shape index (κ3) is 2.40. The molecule has 0 aromatic heterocycles. The van der Waals surface area contributed by atoms with E-state index in [1.165, 1.54) is 22.7 Å². The summed E-state index contributed by atoms with van der Waals surface area (Å²) in [6.07, 6.45) is 1.55. The number of likely N-dealkylation sites (N-methyl/N-ethyl adjacent to an activating group) is 1. The number of rotatable bonds is 2. The third-order valence-electron chi connectivity index (χ3n) is 2.38. The average molecular weight is 267 g/mol. The Morgan fingerprint density at radius 3 is 2.76 bits per heavy atom. The standard InChI is InChI=1S/C12H10FNOS2/c1-2-14-11(15)10(17-12(14)16)7-8-5-3-4-6-9(8)13/h3-7H,2H2,1H3/b10-7+. The van der Waals surface area contributed by atoms with E-state index >= 15 is 0 Å². The van der Waals surface area contributed by atoms with E-state index in [4.69, 9.17) is 12.2 Å². The summed E-state index contributed by atoms with van der Waals surface area (Å²) in [5.41, 5.74) is 0.407. The molecule has 2 nitrogen and oxygen atoms in total. The quantitative estimate of drug-likeness (QED) is 0.607. The zero-order valence-corrected chi connectivity index (χ0v) is 10.8. The van der Waals surface area contributed by atoms with Crippen molar-refractivity contribution in [3.8, 4) is 0 Å². The maximum absolute atomic E-state index is 13.4. The van der Waals surface area contributed by atoms with Gasteiger partial charge in [-0.3, -0.25) is 9.69 Å². The van der Waals surface area contributed by atoms with E-state index in [1.807, 2.05) is 6.92 Å². The summed E-state index contributed by atoms with van der Waals surface area (Å²) in [5, 5.41) is 0. The first-order valence-corrected chi connectivity index (χ1v) is 6.36. The molecule has 1 heterocycles. The maximum Gasteiger partial charge on any atom is 0.266 e. The lowest BCUT2D eigenvalue weighted by Crippen LogP contribution is -2.27. The second-order valence-electron chi connectivity index (χ2n) is 3.45. The van der Waals surface area contributed by atoms with Crippen molar-refractivity contribution < 1.29 is 9.18 Å². The molecule has 1 aromatic rings. The fourth-order valence-corrected chi connectivity index (χ4v) is 2.88. The SMILES string of the molecule is CCN1C(=O)/C(=C\c2ccccc2F)SC1=S. The molecule has 1 aliphatic heterocycles. The Balaban J connectivity index is 2.34. The normalized spacial score (nSPS) is 18.2. The molecule has 1 amide bonds. The number of nitrogens with zero attached hydrogens (tertiary/aromatic N) is 1. The van der Waals surface area contributed by atoms with Crippen LogP contribution in [0.2, 0.25) is 0 Å². The van der Waals surface area contributed by atoms with Gasteiger partial charge in [-0.2, -0.15) is 0 Å². The van der Waals surface area contributed by atoms with Crippen LogP contribution in [0, 0.1) is 5.82 Å². The Labute approximate surface area is 108 Å². The number of thiocarbonyl (C=S) groups is 1. The lowest BCUT2D eigenvalue weighted by Gasteiger charge is -2.09. The van der Waals surface area contributed by atoms with Crippen molar-refractivity contribution in [2.75, 3.05) is 6.54 Å². The van der Waals surface area contributed by atoms with E-state index < -0.39 is 0 Å². The molecule has 17 heavy (non-hydrogen) atoms. The summed E-state index contributed by atoms with van der Waals surface area (Å²) in [4.78, 5) is 13.9. The number of hydrogen-bond donors (Lipinski definition) is 0. The Bertz CT molecular complexity index is 513. The highest BCUT2D eigenvalue weighted by molar-refractivity contribution is 8.26. The van der Waals surface area contributed by atoms with Gasteiger partial charge in [-0.15, -0.1) is 0 Å². The Hall–Kier alpha value is -1.20. The van der Waals surface area contributed by atoms with Crippen LogP contribution in [0.5, 0.6) is 0 Å². The van der Waals surface area contributed by atoms with E-state index in [1.54, 1.807) is 24.3 Å². The van der Waals surface area contributed by atoms with Crippen LogP contribution in [0.15, 0.2) is 29.2 Å². The van der Waals surface area contributed by atoms with Gasteiger partial charge in [0.1, 0.15) is 10.1 Å². The van der Waals surface area contributed by atoms with Gasteiger partial charge in [0.05, 0.1) is 4.91 Å². The summed E-state index contributed by atoms with van der Waals surface area (Å²) < 4.78 is 14.0. The molecule has 1 saturated heterocycles. The monoisotopic (exact) mass is 267 g/mol. The molecule has 5 heteroatoms. The van der Waals surface area contributed by atoms with Crippen LogP contribution in [0.3, 0.4) is 0 Å². The van der Waals surface area contributed by atoms with Crippen molar-refractivity contribution in [1.82, 2.24) is 4.90 Å². The minimum atomic E-state index is -0.339. The summed E-state index contributed by atoms with van der Waals surface area (Å²) in [6, 6.07) is 6.35. The molecule has 88 valence electrons. The second kappa shape index (κ2) is 4.98. The summed E-state index contributed by atoms with van der Waals surface area (Å²) in [6.45, 7) is 2.40. The van der Waals surface area contributed by atoms with Gasteiger partial charge in [0, 0.05) is 12.1 Å². The van der Waals surface area contributed by atoms with Crippen molar-refractivity contribution in [2.24, 2.45) is 0 Å². The lowest BCUT2D eigenvalue weighted by molar-refractivity contribution is -0.121. The van der Waals surface area contributed by atoms with E-state index in [9.17, 15) is 9.18 Å². The number of hydrogen-bond acceptors (Lipinski definition) is 3. The Morgan fingerprint density at radius 1 is 1.47 bits per heavy atom. The van der Waals surface area contributed by atoms with Gasteiger partial charge >= 0.3 is 0 Å². The van der Waals surface area contributed by atoms with Gasteiger partial charge < -0.3 is 0 Å². The number of amides is 1. The van der Waals surface area contributed by atoms with Gasteiger partial charge in [0.15, 0.2) is 0 Å². The van der Waals surface area contributed by atoms with Crippen LogP contribution in [0.25, 0.3) is 6.08 Å². The van der Waals surface area contributed by atoms with Crippen molar-refractivity contribution in [2.45, 2.75) is 6.92 Å². The average Bonchev–Trinajstić information content (AvgIpc) is 2.57.